The highest BCUT2D eigenvalue weighted by molar-refractivity contribution is 7.89. The lowest BCUT2D eigenvalue weighted by Gasteiger charge is -2.33. The van der Waals surface area contributed by atoms with Crippen LogP contribution in [0.2, 0.25) is 0 Å². The lowest BCUT2D eigenvalue weighted by Crippen LogP contribution is -2.48. The maximum absolute atomic E-state index is 12.7. The van der Waals surface area contributed by atoms with Crippen LogP contribution in [0.25, 0.3) is 0 Å². The van der Waals surface area contributed by atoms with Crippen molar-refractivity contribution in [2.45, 2.75) is 38.2 Å². The van der Waals surface area contributed by atoms with E-state index in [2.05, 4.69) is 11.8 Å². The van der Waals surface area contributed by atoms with Gasteiger partial charge in [-0.1, -0.05) is 6.92 Å². The van der Waals surface area contributed by atoms with Crippen LogP contribution in [0.4, 0.5) is 0 Å². The Morgan fingerprint density at radius 3 is 2.18 bits per heavy atom. The van der Waals surface area contributed by atoms with Crippen molar-refractivity contribution in [3.63, 3.8) is 0 Å². The van der Waals surface area contributed by atoms with E-state index in [4.69, 9.17) is 4.74 Å². The number of nitrogens with zero attached hydrogens (tertiary/aromatic N) is 2. The van der Waals surface area contributed by atoms with Crippen LogP contribution in [0.3, 0.4) is 0 Å². The molecular weight excluding hydrogens is 300 g/mol. The quantitative estimate of drug-likeness (QED) is 0.804. The molecule has 1 aromatic carbocycles. The first-order chi connectivity index (χ1) is 10.4. The molecule has 124 valence electrons. The Hall–Kier alpha value is -1.11. The van der Waals surface area contributed by atoms with Crippen molar-refractivity contribution in [3.8, 4) is 5.75 Å². The first-order valence-corrected chi connectivity index (χ1v) is 9.36. The van der Waals surface area contributed by atoms with Gasteiger partial charge in [0, 0.05) is 26.2 Å². The summed E-state index contributed by atoms with van der Waals surface area (Å²) in [6.45, 7) is 9.81. The van der Waals surface area contributed by atoms with Gasteiger partial charge in [0.1, 0.15) is 5.75 Å². The Morgan fingerprint density at radius 2 is 1.68 bits per heavy atom. The molecular formula is C16H26N2O3S. The third-order valence-corrected chi connectivity index (χ3v) is 5.62. The minimum Gasteiger partial charge on any atom is -0.491 e. The maximum atomic E-state index is 12.7. The summed E-state index contributed by atoms with van der Waals surface area (Å²) in [5, 5.41) is 0. The number of hydrogen-bond acceptors (Lipinski definition) is 4. The Balaban J connectivity index is 2.04. The normalized spacial score (nSPS) is 17.8. The second-order valence-corrected chi connectivity index (χ2v) is 7.82. The first kappa shape index (κ1) is 17.2. The molecule has 0 bridgehead atoms. The van der Waals surface area contributed by atoms with Gasteiger partial charge >= 0.3 is 0 Å². The van der Waals surface area contributed by atoms with E-state index in [1.807, 2.05) is 13.8 Å². The second-order valence-electron chi connectivity index (χ2n) is 5.88. The molecule has 5 nitrogen and oxygen atoms in total. The highest BCUT2D eigenvalue weighted by atomic mass is 32.2. The molecule has 0 aliphatic carbocycles. The third kappa shape index (κ3) is 4.21. The van der Waals surface area contributed by atoms with Crippen molar-refractivity contribution >= 4 is 10.0 Å². The molecule has 1 aromatic rings. The average molecular weight is 326 g/mol. The van der Waals surface area contributed by atoms with E-state index in [9.17, 15) is 8.42 Å². The van der Waals surface area contributed by atoms with E-state index in [0.717, 1.165) is 26.1 Å². The number of benzene rings is 1. The number of rotatable bonds is 6. The van der Waals surface area contributed by atoms with Crippen molar-refractivity contribution in [1.82, 2.24) is 9.21 Å². The van der Waals surface area contributed by atoms with Gasteiger partial charge in [-0.3, -0.25) is 0 Å². The summed E-state index contributed by atoms with van der Waals surface area (Å²) >= 11 is 0. The Kier molecular flexibility index (Phi) is 5.83. The molecule has 0 radical (unpaired) electrons. The zero-order valence-corrected chi connectivity index (χ0v) is 14.5. The van der Waals surface area contributed by atoms with Gasteiger partial charge in [0.25, 0.3) is 0 Å². The van der Waals surface area contributed by atoms with Crippen LogP contribution in [-0.2, 0) is 10.0 Å². The van der Waals surface area contributed by atoms with Gasteiger partial charge < -0.3 is 9.64 Å². The van der Waals surface area contributed by atoms with Crippen molar-refractivity contribution in [3.05, 3.63) is 24.3 Å². The summed E-state index contributed by atoms with van der Waals surface area (Å²) in [5.74, 6) is 0.696. The summed E-state index contributed by atoms with van der Waals surface area (Å²) in [7, 11) is -3.39. The molecule has 6 heteroatoms. The zero-order valence-electron chi connectivity index (χ0n) is 13.7. The number of sulfonamides is 1. The third-order valence-electron chi connectivity index (χ3n) is 3.70. The van der Waals surface area contributed by atoms with Crippen LogP contribution < -0.4 is 4.74 Å². The fourth-order valence-electron chi connectivity index (χ4n) is 2.62. The predicted octanol–water partition coefficient (Wildman–Crippen LogP) is 2.19. The topological polar surface area (TPSA) is 49.9 Å². The molecule has 0 N–H and O–H groups in total. The van der Waals surface area contributed by atoms with Crippen LogP contribution in [-0.4, -0.2) is 56.5 Å². The minimum atomic E-state index is -3.39. The van der Waals surface area contributed by atoms with Gasteiger partial charge in [-0.05, 0) is 51.1 Å². The SMILES string of the molecule is CCCN1CCN(S(=O)(=O)c2ccc(OC(C)C)cc2)CC1. The lowest BCUT2D eigenvalue weighted by atomic mass is 10.3. The summed E-state index contributed by atoms with van der Waals surface area (Å²) in [6, 6.07) is 6.71. The average Bonchev–Trinajstić information content (AvgIpc) is 2.48. The van der Waals surface area contributed by atoms with Crippen LogP contribution in [0.1, 0.15) is 27.2 Å². The molecule has 0 aromatic heterocycles. The number of ether oxygens (including phenoxy) is 1. The molecule has 0 atom stereocenters. The molecule has 0 unspecified atom stereocenters. The smallest absolute Gasteiger partial charge is 0.243 e. The fraction of sp³-hybridized carbons (Fsp3) is 0.625. The molecule has 1 heterocycles. The largest absolute Gasteiger partial charge is 0.491 e. The molecule has 0 spiro atoms. The predicted molar refractivity (Wildman–Crippen MR) is 87.7 cm³/mol. The van der Waals surface area contributed by atoms with Gasteiger partial charge in [-0.15, -0.1) is 0 Å². The van der Waals surface area contributed by atoms with E-state index < -0.39 is 10.0 Å². The van der Waals surface area contributed by atoms with Crippen molar-refractivity contribution in [2.24, 2.45) is 0 Å². The monoisotopic (exact) mass is 326 g/mol. The minimum absolute atomic E-state index is 0.0779. The van der Waals surface area contributed by atoms with E-state index >= 15 is 0 Å². The van der Waals surface area contributed by atoms with Crippen LogP contribution >= 0.6 is 0 Å². The summed E-state index contributed by atoms with van der Waals surface area (Å²) in [6.07, 6.45) is 1.18. The van der Waals surface area contributed by atoms with Gasteiger partial charge in [0.05, 0.1) is 11.0 Å². The first-order valence-electron chi connectivity index (χ1n) is 7.92. The number of piperazine rings is 1. The van der Waals surface area contributed by atoms with E-state index in [0.29, 0.717) is 23.7 Å². The lowest BCUT2D eigenvalue weighted by molar-refractivity contribution is 0.188. The molecule has 1 saturated heterocycles. The van der Waals surface area contributed by atoms with Crippen LogP contribution in [0.15, 0.2) is 29.2 Å². The molecule has 1 aliphatic rings. The van der Waals surface area contributed by atoms with Gasteiger partial charge in [-0.2, -0.15) is 4.31 Å². The van der Waals surface area contributed by atoms with Crippen molar-refractivity contribution in [2.75, 3.05) is 32.7 Å². The molecule has 1 aliphatic heterocycles. The highest BCUT2D eigenvalue weighted by Crippen LogP contribution is 2.21. The van der Waals surface area contributed by atoms with Crippen molar-refractivity contribution in [1.29, 1.82) is 0 Å². The molecule has 0 amide bonds. The zero-order chi connectivity index (χ0) is 16.2. The Morgan fingerprint density at radius 1 is 1.09 bits per heavy atom. The maximum Gasteiger partial charge on any atom is 0.243 e. The second kappa shape index (κ2) is 7.44. The van der Waals surface area contributed by atoms with E-state index in [1.54, 1.807) is 28.6 Å². The Bertz CT molecular complexity index is 562. The van der Waals surface area contributed by atoms with E-state index in [1.165, 1.54) is 0 Å². The number of hydrogen-bond donors (Lipinski definition) is 0. The standard InChI is InChI=1S/C16H26N2O3S/c1-4-9-17-10-12-18(13-11-17)22(19,20)16-7-5-15(6-8-16)21-14(2)3/h5-8,14H,4,9-13H2,1-3H3. The summed E-state index contributed by atoms with van der Waals surface area (Å²) in [5.41, 5.74) is 0. The van der Waals surface area contributed by atoms with Gasteiger partial charge in [0.15, 0.2) is 0 Å². The molecule has 2 rings (SSSR count). The van der Waals surface area contributed by atoms with E-state index in [-0.39, 0.29) is 6.10 Å². The van der Waals surface area contributed by atoms with Gasteiger partial charge in [0.2, 0.25) is 10.0 Å². The van der Waals surface area contributed by atoms with Crippen LogP contribution in [0, 0.1) is 0 Å². The molecule has 0 saturated carbocycles. The Labute approximate surface area is 133 Å². The van der Waals surface area contributed by atoms with Crippen LogP contribution in [0.5, 0.6) is 5.75 Å². The fourth-order valence-corrected chi connectivity index (χ4v) is 4.04. The van der Waals surface area contributed by atoms with Crippen molar-refractivity contribution < 1.29 is 13.2 Å². The molecule has 1 fully saturated rings. The summed E-state index contributed by atoms with van der Waals surface area (Å²) < 4.78 is 32.4. The van der Waals surface area contributed by atoms with Gasteiger partial charge in [-0.25, -0.2) is 8.42 Å². The highest BCUT2D eigenvalue weighted by Gasteiger charge is 2.28. The molecule has 22 heavy (non-hydrogen) atoms. The summed E-state index contributed by atoms with van der Waals surface area (Å²) in [4.78, 5) is 2.65.